The first kappa shape index (κ1) is 10.7. The van der Waals surface area contributed by atoms with Crippen molar-refractivity contribution in [1.82, 2.24) is 4.90 Å². The molecule has 2 N–H and O–H groups in total. The van der Waals surface area contributed by atoms with E-state index in [1.54, 1.807) is 0 Å². The van der Waals surface area contributed by atoms with E-state index in [-0.39, 0.29) is 0 Å². The van der Waals surface area contributed by atoms with Crippen molar-refractivity contribution in [1.29, 1.82) is 0 Å². The summed E-state index contributed by atoms with van der Waals surface area (Å²) in [7, 11) is 4.21. The van der Waals surface area contributed by atoms with Gasteiger partial charge in [-0.3, -0.25) is 0 Å². The van der Waals surface area contributed by atoms with Crippen LogP contribution in [0.2, 0.25) is 0 Å². The van der Waals surface area contributed by atoms with Crippen LogP contribution < -0.4 is 5.73 Å². The Morgan fingerprint density at radius 1 is 1.33 bits per heavy atom. The van der Waals surface area contributed by atoms with Crippen molar-refractivity contribution in [3.8, 4) is 0 Å². The van der Waals surface area contributed by atoms with E-state index in [1.165, 1.54) is 16.7 Å². The summed E-state index contributed by atoms with van der Waals surface area (Å²) in [6, 6.07) is 7.21. The van der Waals surface area contributed by atoms with Crippen LogP contribution in [-0.4, -0.2) is 25.0 Å². The number of hydrogen-bond donors (Lipinski definition) is 1. The van der Waals surface area contributed by atoms with Crippen molar-refractivity contribution < 1.29 is 0 Å². The Hall–Kier alpha value is -0.860. The molecule has 1 aliphatic rings. The summed E-state index contributed by atoms with van der Waals surface area (Å²) in [6.07, 6.45) is 3.34. The fourth-order valence-electron chi connectivity index (χ4n) is 2.30. The highest BCUT2D eigenvalue weighted by Crippen LogP contribution is 2.22. The Bertz CT molecular complexity index is 344. The first-order chi connectivity index (χ1) is 7.15. The molecule has 0 aromatic heterocycles. The molecule has 1 atom stereocenters. The molecule has 0 bridgehead atoms. The molecule has 1 aliphatic carbocycles. The van der Waals surface area contributed by atoms with Gasteiger partial charge in [-0.1, -0.05) is 18.2 Å². The second kappa shape index (κ2) is 4.33. The van der Waals surface area contributed by atoms with Gasteiger partial charge in [-0.2, -0.15) is 0 Å². The van der Waals surface area contributed by atoms with Crippen molar-refractivity contribution in [2.75, 3.05) is 14.1 Å². The van der Waals surface area contributed by atoms with Gasteiger partial charge in [0.15, 0.2) is 0 Å². The molecule has 2 nitrogen and oxygen atoms in total. The van der Waals surface area contributed by atoms with Crippen LogP contribution in [0.25, 0.3) is 0 Å². The Balaban J connectivity index is 2.19. The predicted molar refractivity (Wildman–Crippen MR) is 63.8 cm³/mol. The lowest BCUT2D eigenvalue weighted by Crippen LogP contribution is -2.27. The van der Waals surface area contributed by atoms with Crippen LogP contribution in [0.5, 0.6) is 0 Å². The Morgan fingerprint density at radius 2 is 2.13 bits per heavy atom. The summed E-state index contributed by atoms with van der Waals surface area (Å²) < 4.78 is 0. The van der Waals surface area contributed by atoms with Gasteiger partial charge < -0.3 is 10.6 Å². The molecular weight excluding hydrogens is 184 g/mol. The Kier molecular flexibility index (Phi) is 3.08. The van der Waals surface area contributed by atoms with Crippen LogP contribution in [-0.2, 0) is 19.4 Å². The second-order valence-corrected chi connectivity index (χ2v) is 4.84. The van der Waals surface area contributed by atoms with Gasteiger partial charge in [0.1, 0.15) is 0 Å². The molecule has 82 valence electrons. The lowest BCUT2D eigenvalue weighted by atomic mass is 9.87. The summed E-state index contributed by atoms with van der Waals surface area (Å²) in [5.74, 6) is 0. The molecule has 0 spiro atoms. The largest absolute Gasteiger partial charge is 0.327 e. The van der Waals surface area contributed by atoms with Gasteiger partial charge in [0.25, 0.3) is 0 Å². The summed E-state index contributed by atoms with van der Waals surface area (Å²) in [5.41, 5.74) is 10.3. The number of aryl methyl sites for hydroxylation is 1. The third-order valence-corrected chi connectivity index (χ3v) is 3.04. The highest BCUT2D eigenvalue weighted by molar-refractivity contribution is 5.34. The van der Waals surface area contributed by atoms with E-state index in [9.17, 15) is 0 Å². The SMILES string of the molecule is CN(C)Cc1ccc2c(c1)CCC(N)C2. The van der Waals surface area contributed by atoms with E-state index in [0.717, 1.165) is 25.8 Å². The van der Waals surface area contributed by atoms with Crippen molar-refractivity contribution >= 4 is 0 Å². The molecule has 15 heavy (non-hydrogen) atoms. The molecule has 1 aromatic rings. The van der Waals surface area contributed by atoms with Crippen molar-refractivity contribution in [2.24, 2.45) is 5.73 Å². The van der Waals surface area contributed by atoms with E-state index in [4.69, 9.17) is 5.73 Å². The van der Waals surface area contributed by atoms with Crippen LogP contribution in [0.1, 0.15) is 23.1 Å². The van der Waals surface area contributed by atoms with Crippen LogP contribution in [0, 0.1) is 0 Å². The fourth-order valence-corrected chi connectivity index (χ4v) is 2.30. The summed E-state index contributed by atoms with van der Waals surface area (Å²) >= 11 is 0. The van der Waals surface area contributed by atoms with Gasteiger partial charge in [0.05, 0.1) is 0 Å². The third-order valence-electron chi connectivity index (χ3n) is 3.04. The Morgan fingerprint density at radius 3 is 2.87 bits per heavy atom. The highest BCUT2D eigenvalue weighted by Gasteiger charge is 2.15. The van der Waals surface area contributed by atoms with Crippen LogP contribution in [0.4, 0.5) is 0 Å². The number of nitrogens with zero attached hydrogens (tertiary/aromatic N) is 1. The summed E-state index contributed by atoms with van der Waals surface area (Å²) in [6.45, 7) is 1.03. The lowest BCUT2D eigenvalue weighted by Gasteiger charge is -2.22. The molecule has 2 heteroatoms. The number of benzene rings is 1. The van der Waals surface area contributed by atoms with Crippen molar-refractivity contribution in [3.63, 3.8) is 0 Å². The molecule has 0 radical (unpaired) electrons. The maximum absolute atomic E-state index is 5.96. The molecule has 0 saturated carbocycles. The molecule has 0 heterocycles. The third kappa shape index (κ3) is 2.58. The number of fused-ring (bicyclic) bond motifs is 1. The van der Waals surface area contributed by atoms with Crippen LogP contribution in [0.3, 0.4) is 0 Å². The van der Waals surface area contributed by atoms with Gasteiger partial charge >= 0.3 is 0 Å². The molecule has 2 rings (SSSR count). The average Bonchev–Trinajstić information content (AvgIpc) is 2.17. The van der Waals surface area contributed by atoms with E-state index >= 15 is 0 Å². The molecule has 1 aromatic carbocycles. The number of nitrogens with two attached hydrogens (primary N) is 1. The minimum absolute atomic E-state index is 0.372. The van der Waals surface area contributed by atoms with E-state index < -0.39 is 0 Å². The topological polar surface area (TPSA) is 29.3 Å². The highest BCUT2D eigenvalue weighted by atomic mass is 15.0. The zero-order valence-electron chi connectivity index (χ0n) is 9.66. The molecule has 0 saturated heterocycles. The number of rotatable bonds is 2. The first-order valence-corrected chi connectivity index (χ1v) is 5.66. The van der Waals surface area contributed by atoms with Gasteiger partial charge in [-0.25, -0.2) is 0 Å². The van der Waals surface area contributed by atoms with E-state index in [2.05, 4.69) is 37.2 Å². The van der Waals surface area contributed by atoms with E-state index in [0.29, 0.717) is 6.04 Å². The predicted octanol–water partition coefficient (Wildman–Crippen LogP) is 1.56. The Labute approximate surface area is 92.1 Å². The minimum Gasteiger partial charge on any atom is -0.327 e. The molecule has 0 fully saturated rings. The lowest BCUT2D eigenvalue weighted by molar-refractivity contribution is 0.402. The number of hydrogen-bond acceptors (Lipinski definition) is 2. The normalized spacial score (nSPS) is 20.4. The fraction of sp³-hybridized carbons (Fsp3) is 0.538. The minimum atomic E-state index is 0.372. The average molecular weight is 204 g/mol. The van der Waals surface area contributed by atoms with Crippen molar-refractivity contribution in [2.45, 2.75) is 31.8 Å². The van der Waals surface area contributed by atoms with Crippen molar-refractivity contribution in [3.05, 3.63) is 34.9 Å². The van der Waals surface area contributed by atoms with Gasteiger partial charge in [0, 0.05) is 12.6 Å². The molecular formula is C13H20N2. The summed E-state index contributed by atoms with van der Waals surface area (Å²) in [5, 5.41) is 0. The summed E-state index contributed by atoms with van der Waals surface area (Å²) in [4.78, 5) is 2.20. The standard InChI is InChI=1S/C13H20N2/c1-15(2)9-10-3-4-12-8-13(14)6-5-11(12)7-10/h3-4,7,13H,5-6,8-9,14H2,1-2H3. The molecule has 0 amide bonds. The van der Waals surface area contributed by atoms with Gasteiger partial charge in [-0.05, 0) is 50.0 Å². The van der Waals surface area contributed by atoms with E-state index in [1.807, 2.05) is 0 Å². The zero-order chi connectivity index (χ0) is 10.8. The first-order valence-electron chi connectivity index (χ1n) is 5.66. The maximum Gasteiger partial charge on any atom is 0.0227 e. The zero-order valence-corrected chi connectivity index (χ0v) is 9.66. The molecule has 0 aliphatic heterocycles. The van der Waals surface area contributed by atoms with Gasteiger partial charge in [0.2, 0.25) is 0 Å². The van der Waals surface area contributed by atoms with Crippen LogP contribution >= 0.6 is 0 Å². The smallest absolute Gasteiger partial charge is 0.0227 e. The molecule has 1 unspecified atom stereocenters. The maximum atomic E-state index is 5.96. The van der Waals surface area contributed by atoms with Gasteiger partial charge in [-0.15, -0.1) is 0 Å². The van der Waals surface area contributed by atoms with Crippen LogP contribution in [0.15, 0.2) is 18.2 Å². The monoisotopic (exact) mass is 204 g/mol. The quantitative estimate of drug-likeness (QED) is 0.792. The second-order valence-electron chi connectivity index (χ2n) is 4.84.